The lowest BCUT2D eigenvalue weighted by molar-refractivity contribution is -0.137. The van der Waals surface area contributed by atoms with Gasteiger partial charge in [0.05, 0.1) is 5.41 Å². The molecule has 25 heavy (non-hydrogen) atoms. The molecule has 1 N–H and O–H groups in total. The number of nitrogens with zero attached hydrogens (tertiary/aromatic N) is 1. The van der Waals surface area contributed by atoms with Crippen LogP contribution in [0.5, 0.6) is 0 Å². The van der Waals surface area contributed by atoms with Crippen molar-refractivity contribution in [1.82, 2.24) is 9.88 Å². The topological polar surface area (TPSA) is 36.1 Å². The Kier molecular flexibility index (Phi) is 3.64. The van der Waals surface area contributed by atoms with Gasteiger partial charge in [-0.1, -0.05) is 24.3 Å². The molecule has 0 fully saturated rings. The summed E-state index contributed by atoms with van der Waals surface area (Å²) in [4.78, 5) is 18.3. The third kappa shape index (κ3) is 2.62. The van der Waals surface area contributed by atoms with Gasteiger partial charge in [-0.05, 0) is 55.2 Å². The molecule has 0 unspecified atom stereocenters. The van der Waals surface area contributed by atoms with Crippen LogP contribution in [0.15, 0.2) is 48.7 Å². The van der Waals surface area contributed by atoms with E-state index in [9.17, 15) is 9.18 Å². The van der Waals surface area contributed by atoms with E-state index in [0.717, 1.165) is 29.4 Å². The van der Waals surface area contributed by atoms with E-state index in [1.807, 2.05) is 37.1 Å². The van der Waals surface area contributed by atoms with Crippen molar-refractivity contribution in [2.24, 2.45) is 0 Å². The van der Waals surface area contributed by atoms with Gasteiger partial charge in [0.15, 0.2) is 0 Å². The summed E-state index contributed by atoms with van der Waals surface area (Å²) in [6.07, 6.45) is 2.71. The molecule has 1 aliphatic heterocycles. The van der Waals surface area contributed by atoms with Crippen molar-refractivity contribution >= 4 is 16.8 Å². The number of fused-ring (bicyclic) bond motifs is 2. The molecule has 0 saturated heterocycles. The lowest BCUT2D eigenvalue weighted by Crippen LogP contribution is -2.45. The molecule has 1 amide bonds. The van der Waals surface area contributed by atoms with Gasteiger partial charge in [-0.2, -0.15) is 0 Å². The van der Waals surface area contributed by atoms with Crippen molar-refractivity contribution in [3.63, 3.8) is 0 Å². The van der Waals surface area contributed by atoms with Crippen LogP contribution < -0.4 is 0 Å². The highest BCUT2D eigenvalue weighted by Gasteiger charge is 2.36. The largest absolute Gasteiger partial charge is 0.361 e. The van der Waals surface area contributed by atoms with Crippen LogP contribution in [0.3, 0.4) is 0 Å². The van der Waals surface area contributed by atoms with Crippen LogP contribution in [-0.4, -0.2) is 22.3 Å². The van der Waals surface area contributed by atoms with E-state index in [4.69, 9.17) is 0 Å². The van der Waals surface area contributed by atoms with Crippen LogP contribution in [0.4, 0.5) is 4.39 Å². The van der Waals surface area contributed by atoms with Gasteiger partial charge in [-0.25, -0.2) is 4.39 Å². The molecule has 0 saturated carbocycles. The minimum atomic E-state index is -0.724. The van der Waals surface area contributed by atoms with Crippen LogP contribution in [-0.2, 0) is 23.2 Å². The molecule has 1 aliphatic rings. The number of benzene rings is 2. The van der Waals surface area contributed by atoms with Gasteiger partial charge >= 0.3 is 0 Å². The molecule has 0 bridgehead atoms. The van der Waals surface area contributed by atoms with Crippen LogP contribution >= 0.6 is 0 Å². The van der Waals surface area contributed by atoms with E-state index in [1.165, 1.54) is 23.3 Å². The van der Waals surface area contributed by atoms with Crippen molar-refractivity contribution in [2.75, 3.05) is 6.54 Å². The van der Waals surface area contributed by atoms with E-state index < -0.39 is 5.41 Å². The molecule has 1 aromatic heterocycles. The summed E-state index contributed by atoms with van der Waals surface area (Å²) in [5.41, 5.74) is 3.49. The quantitative estimate of drug-likeness (QED) is 0.749. The van der Waals surface area contributed by atoms with Gasteiger partial charge in [0, 0.05) is 30.2 Å². The molecule has 0 aliphatic carbocycles. The van der Waals surface area contributed by atoms with Gasteiger partial charge in [0.25, 0.3) is 0 Å². The van der Waals surface area contributed by atoms with Crippen molar-refractivity contribution < 1.29 is 9.18 Å². The zero-order chi connectivity index (χ0) is 17.6. The third-order valence-corrected chi connectivity index (χ3v) is 5.27. The fourth-order valence-electron chi connectivity index (χ4n) is 3.79. The number of hydrogen-bond acceptors (Lipinski definition) is 1. The summed E-state index contributed by atoms with van der Waals surface area (Å²) >= 11 is 0. The van der Waals surface area contributed by atoms with E-state index in [-0.39, 0.29) is 11.7 Å². The fourth-order valence-corrected chi connectivity index (χ4v) is 3.79. The van der Waals surface area contributed by atoms with Crippen LogP contribution in [0.1, 0.15) is 30.5 Å². The Morgan fingerprint density at radius 1 is 1.16 bits per heavy atom. The average molecular weight is 336 g/mol. The third-order valence-electron chi connectivity index (χ3n) is 5.27. The van der Waals surface area contributed by atoms with Crippen molar-refractivity contribution in [3.05, 3.63) is 71.2 Å². The molecule has 3 nitrogen and oxygen atoms in total. The second kappa shape index (κ2) is 5.73. The fraction of sp³-hybridized carbons (Fsp3) is 0.286. The number of aromatic amines is 1. The summed E-state index contributed by atoms with van der Waals surface area (Å²) in [5.74, 6) is -0.212. The molecule has 0 radical (unpaired) electrons. The molecule has 4 rings (SSSR count). The maximum Gasteiger partial charge on any atom is 0.233 e. The first-order chi connectivity index (χ1) is 12.0. The molecular weight excluding hydrogens is 315 g/mol. The first-order valence-electron chi connectivity index (χ1n) is 8.60. The smallest absolute Gasteiger partial charge is 0.233 e. The number of rotatable bonds is 2. The predicted octanol–water partition coefficient (Wildman–Crippen LogP) is 4.17. The second-order valence-electron chi connectivity index (χ2n) is 7.26. The Morgan fingerprint density at radius 3 is 2.72 bits per heavy atom. The zero-order valence-electron chi connectivity index (χ0n) is 14.5. The molecular formula is C21H21FN2O. The van der Waals surface area contributed by atoms with Gasteiger partial charge in [-0.15, -0.1) is 0 Å². The summed E-state index contributed by atoms with van der Waals surface area (Å²) < 4.78 is 13.7. The minimum Gasteiger partial charge on any atom is -0.361 e. The average Bonchev–Trinajstić information content (AvgIpc) is 3.04. The second-order valence-corrected chi connectivity index (χ2v) is 7.26. The van der Waals surface area contributed by atoms with E-state index in [2.05, 4.69) is 17.1 Å². The summed E-state index contributed by atoms with van der Waals surface area (Å²) in [5, 5.41) is 0.774. The number of nitrogens with one attached hydrogen (secondary N) is 1. The number of hydrogen-bond donors (Lipinski definition) is 1. The van der Waals surface area contributed by atoms with Crippen molar-refractivity contribution in [1.29, 1.82) is 0 Å². The lowest BCUT2D eigenvalue weighted by atomic mass is 9.82. The molecule has 2 heterocycles. The first kappa shape index (κ1) is 15.9. The molecule has 3 aromatic rings. The standard InChI is InChI=1S/C21H21FN2O/c1-21(2,18-12-23-19-8-7-16(22)11-17(18)19)20(25)24-10-9-14-5-3-4-6-15(14)13-24/h3-8,11-12,23H,9-10,13H2,1-2H3. The number of carbonyl (C=O) groups is 1. The monoisotopic (exact) mass is 336 g/mol. The van der Waals surface area contributed by atoms with E-state index >= 15 is 0 Å². The molecule has 128 valence electrons. The summed E-state index contributed by atoms with van der Waals surface area (Å²) in [6.45, 7) is 5.19. The van der Waals surface area contributed by atoms with Crippen LogP contribution in [0, 0.1) is 5.82 Å². The molecule has 4 heteroatoms. The van der Waals surface area contributed by atoms with Gasteiger partial charge in [-0.3, -0.25) is 4.79 Å². The minimum absolute atomic E-state index is 0.0761. The zero-order valence-corrected chi connectivity index (χ0v) is 14.5. The summed E-state index contributed by atoms with van der Waals surface area (Å²) in [7, 11) is 0. The maximum atomic E-state index is 13.7. The highest BCUT2D eigenvalue weighted by Crippen LogP contribution is 2.34. The summed E-state index contributed by atoms with van der Waals surface area (Å²) in [6, 6.07) is 12.9. The van der Waals surface area contributed by atoms with Gasteiger partial charge in [0.2, 0.25) is 5.91 Å². The number of carbonyl (C=O) groups excluding carboxylic acids is 1. The van der Waals surface area contributed by atoms with Gasteiger partial charge in [0.1, 0.15) is 5.82 Å². The van der Waals surface area contributed by atoms with E-state index in [0.29, 0.717) is 6.54 Å². The Balaban J connectivity index is 1.68. The predicted molar refractivity (Wildman–Crippen MR) is 96.8 cm³/mol. The SMILES string of the molecule is CC(C)(C(=O)N1CCc2ccccc2C1)c1c[nH]c2ccc(F)cc12. The number of H-pyrrole nitrogens is 1. The van der Waals surface area contributed by atoms with Crippen LogP contribution in [0.2, 0.25) is 0 Å². The molecule has 2 aromatic carbocycles. The number of aromatic nitrogens is 1. The highest BCUT2D eigenvalue weighted by molar-refractivity contribution is 5.94. The highest BCUT2D eigenvalue weighted by atomic mass is 19.1. The maximum absolute atomic E-state index is 13.7. The van der Waals surface area contributed by atoms with Crippen LogP contribution in [0.25, 0.3) is 10.9 Å². The van der Waals surface area contributed by atoms with E-state index in [1.54, 1.807) is 6.07 Å². The Hall–Kier alpha value is -2.62. The van der Waals surface area contributed by atoms with Gasteiger partial charge < -0.3 is 9.88 Å². The molecule has 0 spiro atoms. The normalized spacial score (nSPS) is 14.6. The Labute approximate surface area is 146 Å². The number of amides is 1. The van der Waals surface area contributed by atoms with Crippen molar-refractivity contribution in [2.45, 2.75) is 32.2 Å². The Morgan fingerprint density at radius 2 is 1.92 bits per heavy atom. The first-order valence-corrected chi connectivity index (χ1v) is 8.60. The molecule has 0 atom stereocenters. The lowest BCUT2D eigenvalue weighted by Gasteiger charge is -2.35. The Bertz CT molecular complexity index is 957. The number of halogens is 1. The van der Waals surface area contributed by atoms with Crippen molar-refractivity contribution in [3.8, 4) is 0 Å².